The van der Waals surface area contributed by atoms with E-state index in [0.29, 0.717) is 11.7 Å². The molecule has 0 aliphatic heterocycles. The zero-order valence-electron chi connectivity index (χ0n) is 9.17. The fourth-order valence-electron chi connectivity index (χ4n) is 1.97. The van der Waals surface area contributed by atoms with E-state index in [4.69, 9.17) is 0 Å². The first-order chi connectivity index (χ1) is 6.79. The van der Waals surface area contributed by atoms with E-state index in [1.807, 2.05) is 0 Å². The van der Waals surface area contributed by atoms with Crippen molar-refractivity contribution in [1.29, 1.82) is 0 Å². The highest BCUT2D eigenvalue weighted by atomic mass is 16.1. The van der Waals surface area contributed by atoms with Crippen molar-refractivity contribution in [3.05, 3.63) is 0 Å². The Morgan fingerprint density at radius 2 is 2.00 bits per heavy atom. The molecule has 2 aliphatic rings. The Hall–Kier alpha value is -0.370. The monoisotopic (exact) mass is 195 g/mol. The Morgan fingerprint density at radius 1 is 1.29 bits per heavy atom. The number of hydrogen-bond acceptors (Lipinski definition) is 2. The van der Waals surface area contributed by atoms with E-state index in [1.54, 1.807) is 0 Å². The minimum absolute atomic E-state index is 0.438. The maximum absolute atomic E-state index is 11.7. The molecule has 0 radical (unpaired) electrons. The summed E-state index contributed by atoms with van der Waals surface area (Å²) in [6.07, 6.45) is 6.25. The van der Waals surface area contributed by atoms with Crippen molar-refractivity contribution >= 4 is 5.78 Å². The van der Waals surface area contributed by atoms with E-state index in [0.717, 1.165) is 31.8 Å². The maximum atomic E-state index is 11.7. The molecule has 2 heteroatoms. The number of hydrogen-bond donors (Lipinski definition) is 0. The van der Waals surface area contributed by atoms with Gasteiger partial charge in [-0.2, -0.15) is 0 Å². The SMILES string of the molecule is CCCN(CC(=O)C1CC1)CC1CC1. The molecule has 0 aromatic rings. The van der Waals surface area contributed by atoms with Crippen LogP contribution >= 0.6 is 0 Å². The Kier molecular flexibility index (Phi) is 3.22. The summed E-state index contributed by atoms with van der Waals surface area (Å²) in [7, 11) is 0. The molecule has 0 aromatic carbocycles. The van der Waals surface area contributed by atoms with Crippen molar-refractivity contribution in [2.45, 2.75) is 39.0 Å². The lowest BCUT2D eigenvalue weighted by molar-refractivity contribution is -0.121. The van der Waals surface area contributed by atoms with Crippen LogP contribution < -0.4 is 0 Å². The van der Waals surface area contributed by atoms with Gasteiger partial charge in [0.25, 0.3) is 0 Å². The molecule has 14 heavy (non-hydrogen) atoms. The first-order valence-corrected chi connectivity index (χ1v) is 6.04. The predicted octanol–water partition coefficient (Wildman–Crippen LogP) is 2.09. The molecule has 0 atom stereocenters. The number of nitrogens with zero attached hydrogens (tertiary/aromatic N) is 1. The largest absolute Gasteiger partial charge is 0.298 e. The normalized spacial score (nSPS) is 21.6. The van der Waals surface area contributed by atoms with Gasteiger partial charge in [-0.3, -0.25) is 9.69 Å². The van der Waals surface area contributed by atoms with Gasteiger partial charge in [0.15, 0.2) is 0 Å². The van der Waals surface area contributed by atoms with Gasteiger partial charge in [0, 0.05) is 12.5 Å². The predicted molar refractivity (Wildman–Crippen MR) is 57.2 cm³/mol. The Labute approximate surface area is 86.7 Å². The lowest BCUT2D eigenvalue weighted by Crippen LogP contribution is -2.33. The van der Waals surface area contributed by atoms with E-state index in [1.165, 1.54) is 25.8 Å². The van der Waals surface area contributed by atoms with Crippen LogP contribution in [0, 0.1) is 11.8 Å². The lowest BCUT2D eigenvalue weighted by atomic mass is 10.2. The molecule has 0 bridgehead atoms. The van der Waals surface area contributed by atoms with Crippen LogP contribution in [0.2, 0.25) is 0 Å². The molecule has 0 unspecified atom stereocenters. The minimum Gasteiger partial charge on any atom is -0.298 e. The average molecular weight is 195 g/mol. The number of Topliss-reactive ketones (excluding diaryl/α,β-unsaturated/α-hetero) is 1. The molecule has 80 valence electrons. The average Bonchev–Trinajstić information content (AvgIpc) is 3.00. The van der Waals surface area contributed by atoms with Gasteiger partial charge in [0.2, 0.25) is 0 Å². The molecule has 0 N–H and O–H groups in total. The highest BCUT2D eigenvalue weighted by Gasteiger charge is 2.31. The second-order valence-electron chi connectivity index (χ2n) is 4.92. The van der Waals surface area contributed by atoms with Crippen LogP contribution in [0.3, 0.4) is 0 Å². The molecule has 2 aliphatic carbocycles. The molecule has 2 saturated carbocycles. The van der Waals surface area contributed by atoms with Crippen LogP contribution in [0.5, 0.6) is 0 Å². The van der Waals surface area contributed by atoms with Gasteiger partial charge in [-0.05, 0) is 44.6 Å². The second kappa shape index (κ2) is 4.43. The van der Waals surface area contributed by atoms with Crippen LogP contribution in [-0.2, 0) is 4.79 Å². The summed E-state index contributed by atoms with van der Waals surface area (Å²) in [5, 5.41) is 0. The van der Waals surface area contributed by atoms with E-state index in [2.05, 4.69) is 11.8 Å². The molecular formula is C12H21NO. The van der Waals surface area contributed by atoms with E-state index >= 15 is 0 Å². The van der Waals surface area contributed by atoms with Gasteiger partial charge >= 0.3 is 0 Å². The van der Waals surface area contributed by atoms with Crippen LogP contribution in [0.1, 0.15) is 39.0 Å². The minimum atomic E-state index is 0.438. The lowest BCUT2D eigenvalue weighted by Gasteiger charge is -2.20. The molecule has 2 nitrogen and oxygen atoms in total. The van der Waals surface area contributed by atoms with E-state index in [-0.39, 0.29) is 0 Å². The van der Waals surface area contributed by atoms with Crippen LogP contribution in [0.25, 0.3) is 0 Å². The molecule has 0 aromatic heterocycles. The molecule has 0 spiro atoms. The Morgan fingerprint density at radius 3 is 2.50 bits per heavy atom. The highest BCUT2D eigenvalue weighted by Crippen LogP contribution is 2.32. The zero-order chi connectivity index (χ0) is 9.97. The smallest absolute Gasteiger partial charge is 0.149 e. The maximum Gasteiger partial charge on any atom is 0.149 e. The van der Waals surface area contributed by atoms with Crippen molar-refractivity contribution in [2.75, 3.05) is 19.6 Å². The molecular weight excluding hydrogens is 174 g/mol. The molecule has 0 saturated heterocycles. The van der Waals surface area contributed by atoms with Crippen molar-refractivity contribution in [3.63, 3.8) is 0 Å². The molecule has 2 fully saturated rings. The molecule has 2 rings (SSSR count). The van der Waals surface area contributed by atoms with Gasteiger partial charge in [0.05, 0.1) is 6.54 Å². The zero-order valence-corrected chi connectivity index (χ0v) is 9.17. The Bertz CT molecular complexity index is 206. The van der Waals surface area contributed by atoms with Crippen molar-refractivity contribution in [1.82, 2.24) is 4.90 Å². The molecule has 0 heterocycles. The van der Waals surface area contributed by atoms with Gasteiger partial charge in [-0.1, -0.05) is 6.92 Å². The standard InChI is InChI=1S/C12H21NO/c1-2-7-13(8-10-3-4-10)9-12(14)11-5-6-11/h10-11H,2-9H2,1H3. The topological polar surface area (TPSA) is 20.3 Å². The number of ketones is 1. The summed E-state index contributed by atoms with van der Waals surface area (Å²) in [6, 6.07) is 0. The van der Waals surface area contributed by atoms with E-state index < -0.39 is 0 Å². The summed E-state index contributed by atoms with van der Waals surface area (Å²) in [5.74, 6) is 1.85. The fraction of sp³-hybridized carbons (Fsp3) is 0.917. The summed E-state index contributed by atoms with van der Waals surface area (Å²) in [4.78, 5) is 14.0. The third kappa shape index (κ3) is 3.09. The summed E-state index contributed by atoms with van der Waals surface area (Å²) in [5.41, 5.74) is 0. The first kappa shape index (κ1) is 10.2. The highest BCUT2D eigenvalue weighted by molar-refractivity contribution is 5.84. The molecule has 0 amide bonds. The third-order valence-corrected chi connectivity index (χ3v) is 3.17. The first-order valence-electron chi connectivity index (χ1n) is 6.04. The number of carbonyl (C=O) groups excluding carboxylic acids is 1. The van der Waals surface area contributed by atoms with Crippen LogP contribution in [0.15, 0.2) is 0 Å². The van der Waals surface area contributed by atoms with E-state index in [9.17, 15) is 4.79 Å². The quantitative estimate of drug-likeness (QED) is 0.620. The second-order valence-corrected chi connectivity index (χ2v) is 4.92. The van der Waals surface area contributed by atoms with Gasteiger partial charge in [0.1, 0.15) is 5.78 Å². The van der Waals surface area contributed by atoms with Crippen molar-refractivity contribution in [2.24, 2.45) is 11.8 Å². The summed E-state index contributed by atoms with van der Waals surface area (Å²) in [6.45, 7) is 5.21. The number of rotatable bonds is 7. The third-order valence-electron chi connectivity index (χ3n) is 3.17. The number of carbonyl (C=O) groups is 1. The van der Waals surface area contributed by atoms with Gasteiger partial charge in [-0.15, -0.1) is 0 Å². The van der Waals surface area contributed by atoms with Crippen LogP contribution in [0.4, 0.5) is 0 Å². The fourth-order valence-corrected chi connectivity index (χ4v) is 1.97. The summed E-state index contributed by atoms with van der Waals surface area (Å²) < 4.78 is 0. The summed E-state index contributed by atoms with van der Waals surface area (Å²) >= 11 is 0. The Balaban J connectivity index is 1.72. The van der Waals surface area contributed by atoms with Gasteiger partial charge in [-0.25, -0.2) is 0 Å². The van der Waals surface area contributed by atoms with Gasteiger partial charge < -0.3 is 0 Å². The van der Waals surface area contributed by atoms with Crippen molar-refractivity contribution < 1.29 is 4.79 Å². The van der Waals surface area contributed by atoms with Crippen molar-refractivity contribution in [3.8, 4) is 0 Å². The van der Waals surface area contributed by atoms with Crippen LogP contribution in [-0.4, -0.2) is 30.3 Å².